The predicted molar refractivity (Wildman–Crippen MR) is 98.9 cm³/mol. The summed E-state index contributed by atoms with van der Waals surface area (Å²) in [7, 11) is 4.53. The fourth-order valence-corrected chi connectivity index (χ4v) is 4.49. The quantitative estimate of drug-likeness (QED) is 0.802. The fourth-order valence-electron chi connectivity index (χ4n) is 4.49. The Bertz CT molecular complexity index is 418. The smallest absolute Gasteiger partial charge is 0.00191 e. The van der Waals surface area contributed by atoms with E-state index in [0.717, 1.165) is 17.8 Å². The van der Waals surface area contributed by atoms with Crippen molar-refractivity contribution in [1.29, 1.82) is 0 Å². The van der Waals surface area contributed by atoms with Crippen LogP contribution in [0.15, 0.2) is 30.3 Å². The summed E-state index contributed by atoms with van der Waals surface area (Å²) in [5.74, 6) is 2.64. The highest BCUT2D eigenvalue weighted by atomic mass is 15.1. The summed E-state index contributed by atoms with van der Waals surface area (Å²) in [5.41, 5.74) is 1.59. The van der Waals surface area contributed by atoms with Gasteiger partial charge in [0.1, 0.15) is 0 Å². The molecule has 0 radical (unpaired) electrons. The molecule has 2 aliphatic rings. The molecule has 0 unspecified atom stereocenters. The summed E-state index contributed by atoms with van der Waals surface area (Å²) in [4.78, 5) is 4.98. The monoisotopic (exact) mass is 314 g/mol. The molecule has 0 N–H and O–H groups in total. The van der Waals surface area contributed by atoms with E-state index in [4.69, 9.17) is 0 Å². The molecular weight excluding hydrogens is 280 g/mol. The van der Waals surface area contributed by atoms with Gasteiger partial charge in [-0.3, -0.25) is 0 Å². The minimum atomic E-state index is 0.776. The van der Waals surface area contributed by atoms with E-state index >= 15 is 0 Å². The first-order chi connectivity index (χ1) is 11.2. The lowest BCUT2D eigenvalue weighted by atomic mass is 9.77. The van der Waals surface area contributed by atoms with Crippen LogP contribution in [0, 0.1) is 11.8 Å². The first-order valence-electron chi connectivity index (χ1n) is 9.62. The van der Waals surface area contributed by atoms with Crippen molar-refractivity contribution in [1.82, 2.24) is 9.80 Å². The molecule has 2 heteroatoms. The molecule has 2 aliphatic heterocycles. The number of likely N-dealkylation sites (tertiary alicyclic amines) is 2. The van der Waals surface area contributed by atoms with Gasteiger partial charge < -0.3 is 9.80 Å². The number of rotatable bonds is 5. The molecular formula is C21H34N2. The topological polar surface area (TPSA) is 6.48 Å². The SMILES string of the molecule is CN1CCC(CC(CC2CCN(C)CC2)c2ccccc2)CC1. The number of piperidine rings is 2. The molecule has 0 aromatic heterocycles. The maximum atomic E-state index is 2.49. The molecule has 0 atom stereocenters. The molecule has 3 rings (SSSR count). The highest BCUT2D eigenvalue weighted by Crippen LogP contribution is 2.36. The third-order valence-electron chi connectivity index (χ3n) is 6.18. The molecule has 0 saturated carbocycles. The van der Waals surface area contributed by atoms with Gasteiger partial charge in [0.2, 0.25) is 0 Å². The Hall–Kier alpha value is -0.860. The Morgan fingerprint density at radius 3 is 1.65 bits per heavy atom. The van der Waals surface area contributed by atoms with Crippen LogP contribution in [-0.4, -0.2) is 50.1 Å². The molecule has 0 bridgehead atoms. The third-order valence-corrected chi connectivity index (χ3v) is 6.18. The summed E-state index contributed by atoms with van der Waals surface area (Å²) in [5, 5.41) is 0. The van der Waals surface area contributed by atoms with Crippen LogP contribution in [0.4, 0.5) is 0 Å². The highest BCUT2D eigenvalue weighted by molar-refractivity contribution is 5.19. The lowest BCUT2D eigenvalue weighted by Crippen LogP contribution is -2.32. The first-order valence-corrected chi connectivity index (χ1v) is 9.62. The van der Waals surface area contributed by atoms with Crippen LogP contribution in [-0.2, 0) is 0 Å². The molecule has 1 aromatic rings. The predicted octanol–water partition coefficient (Wildman–Crippen LogP) is 4.23. The summed E-state index contributed by atoms with van der Waals surface area (Å²) in [6.45, 7) is 5.17. The van der Waals surface area contributed by atoms with E-state index in [9.17, 15) is 0 Å². The zero-order valence-electron chi connectivity index (χ0n) is 15.1. The van der Waals surface area contributed by atoms with E-state index in [2.05, 4.69) is 54.2 Å². The van der Waals surface area contributed by atoms with Gasteiger partial charge in [-0.25, -0.2) is 0 Å². The maximum Gasteiger partial charge on any atom is -0.00191 e. The van der Waals surface area contributed by atoms with E-state index in [-0.39, 0.29) is 0 Å². The average molecular weight is 315 g/mol. The van der Waals surface area contributed by atoms with Crippen LogP contribution in [0.2, 0.25) is 0 Å². The lowest BCUT2D eigenvalue weighted by molar-refractivity contribution is 0.181. The largest absolute Gasteiger partial charge is 0.306 e. The van der Waals surface area contributed by atoms with Gasteiger partial charge in [-0.1, -0.05) is 30.3 Å². The summed E-state index contributed by atoms with van der Waals surface area (Å²) in [6.07, 6.45) is 8.40. The van der Waals surface area contributed by atoms with Crippen molar-refractivity contribution in [3.63, 3.8) is 0 Å². The van der Waals surface area contributed by atoms with Crippen LogP contribution in [0.5, 0.6) is 0 Å². The van der Waals surface area contributed by atoms with Gasteiger partial charge in [0, 0.05) is 0 Å². The van der Waals surface area contributed by atoms with Gasteiger partial charge in [0.05, 0.1) is 0 Å². The van der Waals surface area contributed by atoms with E-state index in [1.807, 2.05) is 0 Å². The summed E-state index contributed by atoms with van der Waals surface area (Å²) in [6, 6.07) is 11.4. The molecule has 0 aliphatic carbocycles. The van der Waals surface area contributed by atoms with Gasteiger partial charge >= 0.3 is 0 Å². The number of nitrogens with zero attached hydrogens (tertiary/aromatic N) is 2. The third kappa shape index (κ3) is 5.06. The molecule has 2 heterocycles. The minimum Gasteiger partial charge on any atom is -0.306 e. The van der Waals surface area contributed by atoms with Crippen molar-refractivity contribution in [3.05, 3.63) is 35.9 Å². The van der Waals surface area contributed by atoms with Crippen molar-refractivity contribution in [2.45, 2.75) is 44.4 Å². The Labute approximate surface area is 142 Å². The van der Waals surface area contributed by atoms with E-state index in [1.54, 1.807) is 5.56 Å². The Morgan fingerprint density at radius 1 is 0.783 bits per heavy atom. The van der Waals surface area contributed by atoms with Crippen molar-refractivity contribution in [2.75, 3.05) is 40.3 Å². The van der Waals surface area contributed by atoms with Gasteiger partial charge in [-0.05, 0) is 102 Å². The van der Waals surface area contributed by atoms with E-state index < -0.39 is 0 Å². The van der Waals surface area contributed by atoms with Crippen LogP contribution < -0.4 is 0 Å². The first kappa shape index (κ1) is 17.0. The van der Waals surface area contributed by atoms with Crippen molar-refractivity contribution < 1.29 is 0 Å². The van der Waals surface area contributed by atoms with Gasteiger partial charge in [-0.15, -0.1) is 0 Å². The van der Waals surface area contributed by atoms with Crippen LogP contribution in [0.3, 0.4) is 0 Å². The van der Waals surface area contributed by atoms with Gasteiger partial charge in [0.15, 0.2) is 0 Å². The maximum absolute atomic E-state index is 2.49. The minimum absolute atomic E-state index is 0.776. The van der Waals surface area contributed by atoms with E-state index in [1.165, 1.54) is 64.7 Å². The van der Waals surface area contributed by atoms with Crippen molar-refractivity contribution in [2.24, 2.45) is 11.8 Å². The zero-order valence-corrected chi connectivity index (χ0v) is 15.1. The molecule has 1 aromatic carbocycles. The Morgan fingerprint density at radius 2 is 1.22 bits per heavy atom. The highest BCUT2D eigenvalue weighted by Gasteiger charge is 2.26. The average Bonchev–Trinajstić information content (AvgIpc) is 2.59. The fraction of sp³-hybridized carbons (Fsp3) is 0.714. The Balaban J connectivity index is 1.62. The normalized spacial score (nSPS) is 22.7. The van der Waals surface area contributed by atoms with Crippen molar-refractivity contribution >= 4 is 0 Å². The number of hydrogen-bond acceptors (Lipinski definition) is 2. The summed E-state index contributed by atoms with van der Waals surface area (Å²) >= 11 is 0. The summed E-state index contributed by atoms with van der Waals surface area (Å²) < 4.78 is 0. The lowest BCUT2D eigenvalue weighted by Gasteiger charge is -2.35. The zero-order chi connectivity index (χ0) is 16.1. The standard InChI is InChI=1S/C21H34N2/c1-22-12-8-18(9-13-22)16-21(20-6-4-3-5-7-20)17-19-10-14-23(2)15-11-19/h3-7,18-19,21H,8-17H2,1-2H3. The van der Waals surface area contributed by atoms with Crippen LogP contribution in [0.1, 0.15) is 50.0 Å². The second-order valence-electron chi connectivity index (χ2n) is 8.07. The van der Waals surface area contributed by atoms with Gasteiger partial charge in [0.25, 0.3) is 0 Å². The molecule has 0 amide bonds. The molecule has 2 fully saturated rings. The van der Waals surface area contributed by atoms with E-state index in [0.29, 0.717) is 0 Å². The molecule has 0 spiro atoms. The van der Waals surface area contributed by atoms with Crippen molar-refractivity contribution in [3.8, 4) is 0 Å². The Kier molecular flexibility index (Phi) is 6.13. The molecule has 2 nitrogen and oxygen atoms in total. The number of benzene rings is 1. The van der Waals surface area contributed by atoms with Gasteiger partial charge in [-0.2, -0.15) is 0 Å². The molecule has 2 saturated heterocycles. The second kappa shape index (κ2) is 8.30. The number of hydrogen-bond donors (Lipinski definition) is 0. The molecule has 23 heavy (non-hydrogen) atoms. The molecule has 128 valence electrons. The van der Waals surface area contributed by atoms with Crippen LogP contribution >= 0.6 is 0 Å². The second-order valence-corrected chi connectivity index (χ2v) is 8.07. The van der Waals surface area contributed by atoms with Crippen LogP contribution in [0.25, 0.3) is 0 Å².